The van der Waals surface area contributed by atoms with E-state index in [1.54, 1.807) is 0 Å². The van der Waals surface area contributed by atoms with Crippen molar-refractivity contribution in [1.82, 2.24) is 14.3 Å². The van der Waals surface area contributed by atoms with Gasteiger partial charge in [0, 0.05) is 30.7 Å². The predicted octanol–water partition coefficient (Wildman–Crippen LogP) is 3.82. The van der Waals surface area contributed by atoms with E-state index in [1.807, 2.05) is 0 Å². The molecular weight excluding hydrogens is 351 g/mol. The van der Waals surface area contributed by atoms with Crippen molar-refractivity contribution in [3.05, 3.63) is 5.82 Å². The second kappa shape index (κ2) is 6.75. The summed E-state index contributed by atoms with van der Waals surface area (Å²) in [5.41, 5.74) is 0. The molecule has 0 radical (unpaired) electrons. The molecule has 2 aliphatic heterocycles. The summed E-state index contributed by atoms with van der Waals surface area (Å²) in [4.78, 5) is 9.29. The van der Waals surface area contributed by atoms with Crippen LogP contribution in [-0.2, 0) is 3.79 Å². The van der Waals surface area contributed by atoms with Gasteiger partial charge in [0.15, 0.2) is 5.82 Å². The second-order valence-electron chi connectivity index (χ2n) is 5.71. The van der Waals surface area contributed by atoms with Crippen LogP contribution in [0.3, 0.4) is 0 Å². The fraction of sp³-hybridized carbons (Fsp3) is 0.846. The second-order valence-corrected chi connectivity index (χ2v) is 8.72. The molecule has 0 spiro atoms. The summed E-state index contributed by atoms with van der Waals surface area (Å²) in [7, 11) is 0. The molecule has 3 heterocycles. The zero-order valence-corrected chi connectivity index (χ0v) is 14.9. The van der Waals surface area contributed by atoms with Crippen LogP contribution in [0, 0.1) is 0 Å². The van der Waals surface area contributed by atoms with Gasteiger partial charge >= 0.3 is 0 Å². The van der Waals surface area contributed by atoms with Gasteiger partial charge in [-0.1, -0.05) is 41.2 Å². The van der Waals surface area contributed by atoms with Crippen LogP contribution < -0.4 is 4.90 Å². The van der Waals surface area contributed by atoms with Crippen molar-refractivity contribution in [3.8, 4) is 0 Å². The average Bonchev–Trinajstić information content (AvgIpc) is 2.98. The van der Waals surface area contributed by atoms with Crippen LogP contribution in [0.1, 0.15) is 37.9 Å². The summed E-state index contributed by atoms with van der Waals surface area (Å²) in [6.45, 7) is 4.55. The zero-order valence-electron chi connectivity index (χ0n) is 11.8. The zero-order chi connectivity index (χ0) is 14.9. The number of anilines is 1. The van der Waals surface area contributed by atoms with Crippen LogP contribution in [0.5, 0.6) is 0 Å². The molecule has 1 aromatic heterocycles. The Balaban J connectivity index is 1.56. The molecule has 4 nitrogen and oxygen atoms in total. The minimum atomic E-state index is -1.53. The predicted molar refractivity (Wildman–Crippen MR) is 89.8 cm³/mol. The topological polar surface area (TPSA) is 32.3 Å². The molecule has 0 amide bonds. The number of likely N-dealkylation sites (tertiary alicyclic amines) is 1. The molecule has 0 bridgehead atoms. The van der Waals surface area contributed by atoms with Gasteiger partial charge in [0.05, 0.1) is 0 Å². The van der Waals surface area contributed by atoms with Gasteiger partial charge in [-0.05, 0) is 38.8 Å². The molecule has 21 heavy (non-hydrogen) atoms. The van der Waals surface area contributed by atoms with E-state index in [9.17, 15) is 0 Å². The highest BCUT2D eigenvalue weighted by Gasteiger charge is 2.31. The van der Waals surface area contributed by atoms with Gasteiger partial charge in [-0.3, -0.25) is 0 Å². The first-order valence-corrected chi connectivity index (χ1v) is 9.34. The Morgan fingerprint density at radius 1 is 1.00 bits per heavy atom. The molecule has 8 heteroatoms. The van der Waals surface area contributed by atoms with Gasteiger partial charge in [0.1, 0.15) is 0 Å². The van der Waals surface area contributed by atoms with E-state index in [0.717, 1.165) is 24.3 Å². The molecule has 0 N–H and O–H groups in total. The fourth-order valence-electron chi connectivity index (χ4n) is 3.16. The number of halogens is 3. The first-order valence-electron chi connectivity index (χ1n) is 7.44. The summed E-state index contributed by atoms with van der Waals surface area (Å²) in [6.07, 6.45) is 6.46. The van der Waals surface area contributed by atoms with Crippen molar-refractivity contribution in [2.75, 3.05) is 31.1 Å². The lowest BCUT2D eigenvalue weighted by molar-refractivity contribution is 0.141. The molecule has 2 saturated heterocycles. The van der Waals surface area contributed by atoms with Gasteiger partial charge in [-0.2, -0.15) is 9.36 Å². The maximum atomic E-state index is 5.82. The molecule has 1 aromatic rings. The summed E-state index contributed by atoms with van der Waals surface area (Å²) in [5.74, 6) is 0.283. The fourth-order valence-corrected chi connectivity index (χ4v) is 4.34. The average molecular weight is 370 g/mol. The normalized spacial score (nSPS) is 22.7. The Hall–Kier alpha value is 0.190. The van der Waals surface area contributed by atoms with Gasteiger partial charge < -0.3 is 9.80 Å². The Morgan fingerprint density at radius 2 is 1.67 bits per heavy atom. The molecule has 0 atom stereocenters. The Bertz CT molecular complexity index is 462. The summed E-state index contributed by atoms with van der Waals surface area (Å²) in [5, 5.41) is 0.869. The smallest absolute Gasteiger partial charge is 0.251 e. The van der Waals surface area contributed by atoms with Crippen LogP contribution in [-0.4, -0.2) is 46.5 Å². The first-order chi connectivity index (χ1) is 10.0. The molecule has 0 aliphatic carbocycles. The van der Waals surface area contributed by atoms with Gasteiger partial charge in [0.2, 0.25) is 5.13 Å². The van der Waals surface area contributed by atoms with E-state index in [-0.39, 0.29) is 5.82 Å². The van der Waals surface area contributed by atoms with E-state index < -0.39 is 3.79 Å². The van der Waals surface area contributed by atoms with Crippen LogP contribution >= 0.6 is 46.3 Å². The third-order valence-electron chi connectivity index (χ3n) is 4.31. The summed E-state index contributed by atoms with van der Waals surface area (Å²) in [6, 6.07) is 0.724. The van der Waals surface area contributed by atoms with Gasteiger partial charge in [-0.15, -0.1) is 0 Å². The van der Waals surface area contributed by atoms with E-state index in [2.05, 4.69) is 19.2 Å². The van der Waals surface area contributed by atoms with Crippen molar-refractivity contribution < 1.29 is 0 Å². The number of hydrogen-bond donors (Lipinski definition) is 0. The maximum absolute atomic E-state index is 5.82. The van der Waals surface area contributed by atoms with Crippen molar-refractivity contribution in [2.24, 2.45) is 0 Å². The molecule has 0 unspecified atom stereocenters. The van der Waals surface area contributed by atoms with Crippen molar-refractivity contribution >= 4 is 51.5 Å². The lowest BCUT2D eigenvalue weighted by Gasteiger charge is -2.40. The quantitative estimate of drug-likeness (QED) is 0.742. The maximum Gasteiger partial charge on any atom is 0.251 e. The third-order valence-corrected chi connectivity index (χ3v) is 5.60. The van der Waals surface area contributed by atoms with Crippen molar-refractivity contribution in [1.29, 1.82) is 0 Å². The highest BCUT2D eigenvalue weighted by Crippen LogP contribution is 2.38. The number of nitrogens with zero attached hydrogens (tertiary/aromatic N) is 4. The minimum Gasteiger partial charge on any atom is -0.347 e. The van der Waals surface area contributed by atoms with Gasteiger partial charge in [-0.25, -0.2) is 0 Å². The van der Waals surface area contributed by atoms with E-state index in [1.165, 1.54) is 56.7 Å². The van der Waals surface area contributed by atoms with Crippen molar-refractivity contribution in [3.63, 3.8) is 0 Å². The third kappa shape index (κ3) is 3.94. The number of aromatic nitrogens is 2. The number of piperidine rings is 2. The lowest BCUT2D eigenvalue weighted by Crippen LogP contribution is -2.46. The highest BCUT2D eigenvalue weighted by atomic mass is 35.6. The highest BCUT2D eigenvalue weighted by molar-refractivity contribution is 7.09. The molecule has 2 fully saturated rings. The summed E-state index contributed by atoms with van der Waals surface area (Å²) < 4.78 is 2.63. The van der Waals surface area contributed by atoms with E-state index in [0.29, 0.717) is 0 Å². The van der Waals surface area contributed by atoms with Crippen LogP contribution in [0.4, 0.5) is 5.13 Å². The van der Waals surface area contributed by atoms with Crippen LogP contribution in [0.15, 0.2) is 0 Å². The van der Waals surface area contributed by atoms with Gasteiger partial charge in [0.25, 0.3) is 3.79 Å². The molecule has 3 rings (SSSR count). The summed E-state index contributed by atoms with van der Waals surface area (Å²) >= 11 is 18.8. The molecule has 0 aromatic carbocycles. The van der Waals surface area contributed by atoms with E-state index in [4.69, 9.17) is 34.8 Å². The first kappa shape index (κ1) is 16.1. The number of rotatable bonds is 2. The number of hydrogen-bond acceptors (Lipinski definition) is 5. The number of alkyl halides is 3. The Kier molecular flexibility index (Phi) is 5.16. The van der Waals surface area contributed by atoms with Crippen LogP contribution in [0.2, 0.25) is 0 Å². The lowest BCUT2D eigenvalue weighted by atomic mass is 10.0. The monoisotopic (exact) mass is 368 g/mol. The SMILES string of the molecule is ClC(Cl)(Cl)c1nsc(N2CCC(N3CCCCC3)CC2)n1. The molecule has 118 valence electrons. The Morgan fingerprint density at radius 3 is 2.24 bits per heavy atom. The molecule has 0 saturated carbocycles. The largest absolute Gasteiger partial charge is 0.347 e. The Labute approximate surface area is 144 Å². The standard InChI is InChI=1S/C13H19Cl3N4S/c14-13(15,16)11-17-12(21-18-11)20-8-4-10(5-9-20)19-6-2-1-3-7-19/h10H,1-9H2. The molecule has 2 aliphatic rings. The molecular formula is C13H19Cl3N4S. The van der Waals surface area contributed by atoms with E-state index >= 15 is 0 Å². The minimum absolute atomic E-state index is 0.283. The van der Waals surface area contributed by atoms with Crippen molar-refractivity contribution in [2.45, 2.75) is 41.9 Å². The van der Waals surface area contributed by atoms with Crippen LogP contribution in [0.25, 0.3) is 0 Å².